The Balaban J connectivity index is 2.06. The molecule has 4 N–H and O–H groups in total. The maximum Gasteiger partial charge on any atom is 0.277 e. The number of nitrogen functional groups attached to an aromatic ring is 1. The van der Waals surface area contributed by atoms with Crippen molar-refractivity contribution in [3.63, 3.8) is 0 Å². The van der Waals surface area contributed by atoms with E-state index in [1.807, 2.05) is 6.07 Å². The molecule has 7 heteroatoms. The van der Waals surface area contributed by atoms with Gasteiger partial charge in [-0.3, -0.25) is 9.59 Å². The maximum atomic E-state index is 12.6. The molecule has 0 spiro atoms. The van der Waals surface area contributed by atoms with E-state index in [-0.39, 0.29) is 11.3 Å². The van der Waals surface area contributed by atoms with Crippen molar-refractivity contribution in [2.75, 3.05) is 17.2 Å². The second kappa shape index (κ2) is 9.06. The van der Waals surface area contributed by atoms with Gasteiger partial charge >= 0.3 is 0 Å². The summed E-state index contributed by atoms with van der Waals surface area (Å²) in [6, 6.07) is 14.8. The first-order valence-electron chi connectivity index (χ1n) is 8.24. The van der Waals surface area contributed by atoms with Crippen LogP contribution in [0, 0.1) is 11.3 Å². The van der Waals surface area contributed by atoms with Gasteiger partial charge in [-0.25, -0.2) is 4.90 Å². The molecule has 0 atom stereocenters. The van der Waals surface area contributed by atoms with Crippen LogP contribution in [0.2, 0.25) is 0 Å². The van der Waals surface area contributed by atoms with Gasteiger partial charge in [0.25, 0.3) is 5.91 Å². The number of amides is 2. The molecule has 0 bridgehead atoms. The number of imide groups is 1. The summed E-state index contributed by atoms with van der Waals surface area (Å²) in [6.45, 7) is 1.73. The predicted octanol–water partition coefficient (Wildman–Crippen LogP) is 2.09. The minimum absolute atomic E-state index is 0.187. The number of benzene rings is 2. The molecule has 138 valence electrons. The number of phenols is 1. The smallest absolute Gasteiger partial charge is 0.277 e. The first-order chi connectivity index (χ1) is 12.9. The van der Waals surface area contributed by atoms with Crippen LogP contribution in [0.25, 0.3) is 0 Å². The largest absolute Gasteiger partial charge is 0.508 e. The quantitative estimate of drug-likeness (QED) is 0.312. The Morgan fingerprint density at radius 2 is 1.81 bits per heavy atom. The van der Waals surface area contributed by atoms with E-state index in [0.29, 0.717) is 24.3 Å². The Morgan fingerprint density at radius 1 is 1.19 bits per heavy atom. The van der Waals surface area contributed by atoms with Gasteiger partial charge in [-0.2, -0.15) is 5.26 Å². The van der Waals surface area contributed by atoms with Crippen LogP contribution in [-0.2, 0) is 16.0 Å². The van der Waals surface area contributed by atoms with Crippen molar-refractivity contribution in [2.24, 2.45) is 0 Å². The van der Waals surface area contributed by atoms with Crippen LogP contribution in [0.4, 0.5) is 11.4 Å². The number of nitrogens with zero attached hydrogens (tertiary/aromatic N) is 2. The fourth-order valence-electron chi connectivity index (χ4n) is 2.38. The molecular formula is C20H20N4O3. The van der Waals surface area contributed by atoms with E-state index in [0.717, 1.165) is 10.5 Å². The van der Waals surface area contributed by atoms with Crippen LogP contribution in [-0.4, -0.2) is 23.5 Å². The van der Waals surface area contributed by atoms with Gasteiger partial charge < -0.3 is 16.2 Å². The van der Waals surface area contributed by atoms with Gasteiger partial charge in [-0.05, 0) is 48.4 Å². The number of nitrogens with two attached hydrogens (primary N) is 1. The zero-order chi connectivity index (χ0) is 19.8. The summed E-state index contributed by atoms with van der Waals surface area (Å²) < 4.78 is 0. The highest BCUT2D eigenvalue weighted by molar-refractivity contribution is 6.21. The molecule has 2 aromatic rings. The van der Waals surface area contributed by atoms with Crippen molar-refractivity contribution >= 4 is 23.2 Å². The van der Waals surface area contributed by atoms with E-state index >= 15 is 0 Å². The summed E-state index contributed by atoms with van der Waals surface area (Å²) in [5.74, 6) is -1.03. The Hall–Kier alpha value is -3.79. The number of nitrogens with one attached hydrogen (secondary N) is 1. The number of rotatable bonds is 6. The highest BCUT2D eigenvalue weighted by atomic mass is 16.3. The van der Waals surface area contributed by atoms with Gasteiger partial charge in [-0.15, -0.1) is 0 Å². The van der Waals surface area contributed by atoms with Gasteiger partial charge in [0.15, 0.2) is 0 Å². The van der Waals surface area contributed by atoms with Crippen LogP contribution in [0.1, 0.15) is 12.5 Å². The van der Waals surface area contributed by atoms with Gasteiger partial charge in [0.05, 0.1) is 5.69 Å². The Morgan fingerprint density at radius 3 is 2.37 bits per heavy atom. The number of nitriles is 1. The van der Waals surface area contributed by atoms with Crippen LogP contribution >= 0.6 is 0 Å². The van der Waals surface area contributed by atoms with Crippen LogP contribution < -0.4 is 16.0 Å². The number of aromatic hydroxyl groups is 1. The number of carbonyl (C=O) groups is 2. The average molecular weight is 364 g/mol. The minimum atomic E-state index is -0.716. The monoisotopic (exact) mass is 364 g/mol. The van der Waals surface area contributed by atoms with E-state index in [4.69, 9.17) is 5.73 Å². The fourth-order valence-corrected chi connectivity index (χ4v) is 2.38. The molecule has 0 aromatic heterocycles. The summed E-state index contributed by atoms with van der Waals surface area (Å²) in [5.41, 5.74) is 7.27. The van der Waals surface area contributed by atoms with Gasteiger partial charge in [0.1, 0.15) is 17.4 Å². The van der Waals surface area contributed by atoms with Crippen molar-refractivity contribution in [3.8, 4) is 11.8 Å². The standard InChI is InChI=1S/C20H20N4O3/c1-14(25)24(18-6-4-17(22)5-7-18)20(27)16(12-21)13-23-11-10-15-2-8-19(26)9-3-15/h2-9,13,23,26H,10-11,22H2,1H3/b16-13-. The molecule has 0 aliphatic carbocycles. The molecule has 2 rings (SSSR count). The summed E-state index contributed by atoms with van der Waals surface area (Å²) >= 11 is 0. The molecule has 2 aromatic carbocycles. The third-order valence-corrected chi connectivity index (χ3v) is 3.76. The zero-order valence-electron chi connectivity index (χ0n) is 14.8. The zero-order valence-corrected chi connectivity index (χ0v) is 14.8. The third kappa shape index (κ3) is 5.34. The van der Waals surface area contributed by atoms with Crippen molar-refractivity contribution in [1.82, 2.24) is 5.32 Å². The van der Waals surface area contributed by atoms with E-state index in [9.17, 15) is 20.0 Å². The van der Waals surface area contributed by atoms with E-state index < -0.39 is 11.8 Å². The molecule has 0 fully saturated rings. The number of hydrogen-bond acceptors (Lipinski definition) is 6. The lowest BCUT2D eigenvalue weighted by Gasteiger charge is -2.19. The first-order valence-corrected chi connectivity index (χ1v) is 8.24. The molecule has 0 saturated heterocycles. The molecular weight excluding hydrogens is 344 g/mol. The van der Waals surface area contributed by atoms with Crippen LogP contribution in [0.3, 0.4) is 0 Å². The molecule has 0 heterocycles. The van der Waals surface area contributed by atoms with Crippen molar-refractivity contribution in [1.29, 1.82) is 5.26 Å². The molecule has 27 heavy (non-hydrogen) atoms. The number of hydrogen-bond donors (Lipinski definition) is 3. The van der Waals surface area contributed by atoms with Crippen molar-refractivity contribution < 1.29 is 14.7 Å². The number of anilines is 2. The number of carbonyl (C=O) groups excluding carboxylic acids is 2. The topological polar surface area (TPSA) is 119 Å². The predicted molar refractivity (Wildman–Crippen MR) is 103 cm³/mol. The second-order valence-electron chi connectivity index (χ2n) is 5.79. The Labute approximate surface area is 157 Å². The Bertz CT molecular complexity index is 881. The lowest BCUT2D eigenvalue weighted by molar-refractivity contribution is -0.123. The lowest BCUT2D eigenvalue weighted by Crippen LogP contribution is -2.36. The van der Waals surface area contributed by atoms with Crippen LogP contribution in [0.15, 0.2) is 60.3 Å². The summed E-state index contributed by atoms with van der Waals surface area (Å²) in [7, 11) is 0. The highest BCUT2D eigenvalue weighted by Gasteiger charge is 2.23. The van der Waals surface area contributed by atoms with Crippen molar-refractivity contribution in [3.05, 3.63) is 65.9 Å². The van der Waals surface area contributed by atoms with Gasteiger partial charge in [-0.1, -0.05) is 12.1 Å². The summed E-state index contributed by atoms with van der Waals surface area (Å²) in [6.07, 6.45) is 1.94. The fraction of sp³-hybridized carbons (Fsp3) is 0.150. The highest BCUT2D eigenvalue weighted by Crippen LogP contribution is 2.18. The maximum absolute atomic E-state index is 12.6. The molecule has 7 nitrogen and oxygen atoms in total. The second-order valence-corrected chi connectivity index (χ2v) is 5.79. The lowest BCUT2D eigenvalue weighted by atomic mass is 10.1. The van der Waals surface area contributed by atoms with Crippen molar-refractivity contribution in [2.45, 2.75) is 13.3 Å². The molecule has 0 aliphatic rings. The molecule has 0 unspecified atom stereocenters. The van der Waals surface area contributed by atoms with Crippen LogP contribution in [0.5, 0.6) is 5.75 Å². The molecule has 2 amide bonds. The third-order valence-electron chi connectivity index (χ3n) is 3.76. The van der Waals surface area contributed by atoms with E-state index in [1.165, 1.54) is 13.1 Å². The summed E-state index contributed by atoms with van der Waals surface area (Å²) in [4.78, 5) is 25.5. The first kappa shape index (κ1) is 19.5. The normalized spacial score (nSPS) is 10.7. The minimum Gasteiger partial charge on any atom is -0.508 e. The van der Waals surface area contributed by atoms with E-state index in [1.54, 1.807) is 48.5 Å². The van der Waals surface area contributed by atoms with Gasteiger partial charge in [0, 0.05) is 25.4 Å². The SMILES string of the molecule is CC(=O)N(C(=O)/C(C#N)=C\NCCc1ccc(O)cc1)c1ccc(N)cc1. The Kier molecular flexibility index (Phi) is 6.55. The molecule has 0 aliphatic heterocycles. The van der Waals surface area contributed by atoms with Gasteiger partial charge in [0.2, 0.25) is 5.91 Å². The summed E-state index contributed by atoms with van der Waals surface area (Å²) in [5, 5.41) is 21.5. The number of phenolic OH excluding ortho intramolecular Hbond substituents is 1. The van der Waals surface area contributed by atoms with E-state index in [2.05, 4.69) is 5.32 Å². The average Bonchev–Trinajstić information content (AvgIpc) is 2.64. The molecule has 0 radical (unpaired) electrons. The molecule has 0 saturated carbocycles.